The van der Waals surface area contributed by atoms with Crippen LogP contribution >= 0.6 is 0 Å². The fourth-order valence-corrected chi connectivity index (χ4v) is 2.35. The van der Waals surface area contributed by atoms with Gasteiger partial charge in [-0.3, -0.25) is 9.48 Å². The fourth-order valence-electron chi connectivity index (χ4n) is 2.35. The lowest BCUT2D eigenvalue weighted by Gasteiger charge is -2.07. The van der Waals surface area contributed by atoms with Crippen LogP contribution in [0.1, 0.15) is 18.2 Å². The number of hydrogen-bond donors (Lipinski definition) is 2. The van der Waals surface area contributed by atoms with Crippen molar-refractivity contribution in [1.29, 1.82) is 0 Å². The van der Waals surface area contributed by atoms with E-state index in [4.69, 9.17) is 0 Å². The summed E-state index contributed by atoms with van der Waals surface area (Å²) in [6, 6.07) is 5.29. The van der Waals surface area contributed by atoms with Crippen molar-refractivity contribution in [3.05, 3.63) is 58.4 Å². The van der Waals surface area contributed by atoms with Crippen LogP contribution in [-0.4, -0.2) is 31.3 Å². The van der Waals surface area contributed by atoms with Crippen molar-refractivity contribution in [3.63, 3.8) is 0 Å². The number of rotatable bonds is 6. The Morgan fingerprint density at radius 1 is 1.29 bits per heavy atom. The van der Waals surface area contributed by atoms with Crippen molar-refractivity contribution in [2.75, 3.05) is 11.9 Å². The average Bonchev–Trinajstić information content (AvgIpc) is 3.00. The van der Waals surface area contributed by atoms with Crippen LogP contribution in [0.25, 0.3) is 11.4 Å². The second kappa shape index (κ2) is 7.08. The number of hydrogen-bond acceptors (Lipinski definition) is 5. The van der Waals surface area contributed by atoms with Crippen LogP contribution in [-0.2, 0) is 13.0 Å². The number of anilines is 1. The maximum absolute atomic E-state index is 11.7. The van der Waals surface area contributed by atoms with Crippen molar-refractivity contribution in [2.45, 2.75) is 26.8 Å². The van der Waals surface area contributed by atoms with Crippen molar-refractivity contribution in [1.82, 2.24) is 24.7 Å². The van der Waals surface area contributed by atoms with Gasteiger partial charge in [-0.25, -0.2) is 9.97 Å². The molecule has 0 aromatic carbocycles. The summed E-state index contributed by atoms with van der Waals surface area (Å²) in [7, 11) is 0. The molecule has 0 atom stereocenters. The molecule has 0 aliphatic carbocycles. The Hall–Kier alpha value is -2.96. The van der Waals surface area contributed by atoms with Gasteiger partial charge >= 0.3 is 0 Å². The molecule has 0 saturated carbocycles. The van der Waals surface area contributed by atoms with Crippen LogP contribution in [0.2, 0.25) is 0 Å². The van der Waals surface area contributed by atoms with Gasteiger partial charge in [0.1, 0.15) is 11.6 Å². The Kier molecular flexibility index (Phi) is 4.69. The summed E-state index contributed by atoms with van der Waals surface area (Å²) in [6.07, 6.45) is 6.27. The lowest BCUT2D eigenvalue weighted by molar-refractivity contribution is 0.637. The van der Waals surface area contributed by atoms with E-state index in [1.165, 1.54) is 6.07 Å². The van der Waals surface area contributed by atoms with Gasteiger partial charge in [-0.05, 0) is 31.0 Å². The Balaban J connectivity index is 1.65. The molecule has 3 aromatic rings. The maximum Gasteiger partial charge on any atom is 0.251 e. The number of pyridine rings is 1. The first-order valence-corrected chi connectivity index (χ1v) is 7.93. The molecule has 3 heterocycles. The minimum atomic E-state index is -0.145. The van der Waals surface area contributed by atoms with Crippen molar-refractivity contribution >= 4 is 5.82 Å². The van der Waals surface area contributed by atoms with Gasteiger partial charge < -0.3 is 10.3 Å². The maximum atomic E-state index is 11.7. The van der Waals surface area contributed by atoms with Gasteiger partial charge in [0.15, 0.2) is 0 Å². The molecule has 2 N–H and O–H groups in total. The van der Waals surface area contributed by atoms with E-state index in [0.717, 1.165) is 42.1 Å². The highest BCUT2D eigenvalue weighted by Crippen LogP contribution is 2.14. The number of H-pyrrole nitrogens is 1. The average molecular weight is 324 g/mol. The van der Waals surface area contributed by atoms with Crippen molar-refractivity contribution in [2.24, 2.45) is 0 Å². The van der Waals surface area contributed by atoms with E-state index in [0.29, 0.717) is 5.82 Å². The number of aromatic amines is 1. The van der Waals surface area contributed by atoms with E-state index < -0.39 is 0 Å². The Labute approximate surface area is 139 Å². The number of aromatic nitrogens is 5. The highest BCUT2D eigenvalue weighted by atomic mass is 16.1. The first-order valence-electron chi connectivity index (χ1n) is 7.93. The summed E-state index contributed by atoms with van der Waals surface area (Å²) < 4.78 is 1.89. The Morgan fingerprint density at radius 2 is 2.17 bits per heavy atom. The first-order chi connectivity index (χ1) is 11.6. The summed E-state index contributed by atoms with van der Waals surface area (Å²) in [6.45, 7) is 5.49. The molecule has 124 valence electrons. The zero-order valence-electron chi connectivity index (χ0n) is 13.8. The van der Waals surface area contributed by atoms with E-state index in [1.54, 1.807) is 6.20 Å². The smallest absolute Gasteiger partial charge is 0.251 e. The van der Waals surface area contributed by atoms with Crippen LogP contribution in [0, 0.1) is 6.92 Å². The summed E-state index contributed by atoms with van der Waals surface area (Å²) in [5.41, 5.74) is 2.56. The third-order valence-electron chi connectivity index (χ3n) is 3.60. The van der Waals surface area contributed by atoms with E-state index in [1.807, 2.05) is 43.1 Å². The summed E-state index contributed by atoms with van der Waals surface area (Å²) in [4.78, 5) is 23.2. The molecule has 0 aliphatic rings. The molecule has 0 fully saturated rings. The Morgan fingerprint density at radius 3 is 2.83 bits per heavy atom. The van der Waals surface area contributed by atoms with Crippen LogP contribution in [0.3, 0.4) is 0 Å². The topological polar surface area (TPSA) is 88.5 Å². The molecule has 0 aliphatic heterocycles. The molecule has 7 nitrogen and oxygen atoms in total. The van der Waals surface area contributed by atoms with Crippen LogP contribution < -0.4 is 10.9 Å². The largest absolute Gasteiger partial charge is 0.368 e. The minimum Gasteiger partial charge on any atom is -0.368 e. The fraction of sp³-hybridized carbons (Fsp3) is 0.294. The van der Waals surface area contributed by atoms with Crippen LogP contribution in [0.5, 0.6) is 0 Å². The van der Waals surface area contributed by atoms with Crippen molar-refractivity contribution in [3.8, 4) is 11.4 Å². The minimum absolute atomic E-state index is 0.145. The Bertz CT molecular complexity index is 865. The van der Waals surface area contributed by atoms with Crippen molar-refractivity contribution < 1.29 is 0 Å². The summed E-state index contributed by atoms with van der Waals surface area (Å²) >= 11 is 0. The molecule has 7 heteroatoms. The standard InChI is InChI=1S/C17H20N6O/c1-3-14-8-16(24)22-17(21-14)13-4-5-15(19-10-13)18-6-7-23-11-12(2)9-20-23/h4-5,8-11H,3,6-7H2,1-2H3,(H,18,19)(H,21,22,24). The molecule has 3 aromatic heterocycles. The van der Waals surface area contributed by atoms with Gasteiger partial charge in [0.25, 0.3) is 5.56 Å². The summed E-state index contributed by atoms with van der Waals surface area (Å²) in [5.74, 6) is 1.32. The third-order valence-corrected chi connectivity index (χ3v) is 3.60. The zero-order valence-corrected chi connectivity index (χ0v) is 13.8. The normalized spacial score (nSPS) is 10.8. The molecule has 24 heavy (non-hydrogen) atoms. The van der Waals surface area contributed by atoms with Gasteiger partial charge in [0.2, 0.25) is 0 Å². The second-order valence-corrected chi connectivity index (χ2v) is 5.58. The van der Waals surface area contributed by atoms with E-state index in [2.05, 4.69) is 25.4 Å². The molecular weight excluding hydrogens is 304 g/mol. The lowest BCUT2D eigenvalue weighted by Crippen LogP contribution is -2.12. The SMILES string of the molecule is CCc1cc(=O)[nH]c(-c2ccc(NCCn3cc(C)cn3)nc2)n1. The molecule has 3 rings (SSSR count). The number of aryl methyl sites for hydroxylation is 2. The number of nitrogens with zero attached hydrogens (tertiary/aromatic N) is 4. The van der Waals surface area contributed by atoms with Gasteiger partial charge in [-0.2, -0.15) is 5.10 Å². The van der Waals surface area contributed by atoms with Gasteiger partial charge in [-0.1, -0.05) is 6.92 Å². The molecule has 0 radical (unpaired) electrons. The quantitative estimate of drug-likeness (QED) is 0.724. The predicted molar refractivity (Wildman–Crippen MR) is 92.9 cm³/mol. The highest BCUT2D eigenvalue weighted by molar-refractivity contribution is 5.55. The third kappa shape index (κ3) is 3.87. The second-order valence-electron chi connectivity index (χ2n) is 5.58. The van der Waals surface area contributed by atoms with Gasteiger partial charge in [-0.15, -0.1) is 0 Å². The molecule has 0 amide bonds. The molecular formula is C17H20N6O. The zero-order chi connectivity index (χ0) is 16.9. The number of nitrogens with one attached hydrogen (secondary N) is 2. The van der Waals surface area contributed by atoms with E-state index in [-0.39, 0.29) is 5.56 Å². The molecule has 0 unspecified atom stereocenters. The van der Waals surface area contributed by atoms with Gasteiger partial charge in [0.05, 0.1) is 12.7 Å². The highest BCUT2D eigenvalue weighted by Gasteiger charge is 2.04. The van der Waals surface area contributed by atoms with E-state index >= 15 is 0 Å². The first kappa shape index (κ1) is 15.9. The monoisotopic (exact) mass is 324 g/mol. The van der Waals surface area contributed by atoms with E-state index in [9.17, 15) is 4.79 Å². The summed E-state index contributed by atoms with van der Waals surface area (Å²) in [5, 5.41) is 7.49. The lowest BCUT2D eigenvalue weighted by atomic mass is 10.2. The molecule has 0 bridgehead atoms. The van der Waals surface area contributed by atoms with Gasteiger partial charge in [0, 0.05) is 36.3 Å². The molecule has 0 spiro atoms. The van der Waals surface area contributed by atoms with Crippen LogP contribution in [0.15, 0.2) is 41.6 Å². The van der Waals surface area contributed by atoms with Crippen LogP contribution in [0.4, 0.5) is 5.82 Å². The molecule has 0 saturated heterocycles. The predicted octanol–water partition coefficient (Wildman–Crippen LogP) is 2.01.